The van der Waals surface area contributed by atoms with Crippen LogP contribution < -0.4 is 5.32 Å². The van der Waals surface area contributed by atoms with Crippen molar-refractivity contribution in [1.29, 1.82) is 0 Å². The number of hydrogen-bond acceptors (Lipinski definition) is 2. The monoisotopic (exact) mass is 343 g/mol. The molecule has 2 nitrogen and oxygen atoms in total. The first-order valence-electron chi connectivity index (χ1n) is 4.88. The van der Waals surface area contributed by atoms with Crippen molar-refractivity contribution < 1.29 is 4.79 Å². The van der Waals surface area contributed by atoms with Crippen LogP contribution in [0.3, 0.4) is 0 Å². The Bertz CT molecular complexity index is 368. The fraction of sp³-hybridized carbons (Fsp3) is 0.500. The summed E-state index contributed by atoms with van der Waals surface area (Å²) in [5, 5.41) is 2.81. The maximum absolute atomic E-state index is 11.7. The second-order valence-corrected chi connectivity index (χ2v) is 7.27. The highest BCUT2D eigenvalue weighted by Gasteiger charge is 2.13. The predicted octanol–water partition coefficient (Wildman–Crippen LogP) is 4.35. The van der Waals surface area contributed by atoms with Crippen molar-refractivity contribution in [3.05, 3.63) is 20.3 Å². The Hall–Kier alpha value is 0.230. The summed E-state index contributed by atoms with van der Waals surface area (Å²) >= 11 is 16.3. The SMILES string of the molecule is CC(Br)CCCNC(=O)c1cc(Cl)sc1Cl. The third-order valence-corrected chi connectivity index (χ3v) is 3.91. The normalized spacial score (nSPS) is 12.5. The van der Waals surface area contributed by atoms with E-state index < -0.39 is 0 Å². The van der Waals surface area contributed by atoms with Gasteiger partial charge < -0.3 is 5.32 Å². The molecule has 0 aliphatic heterocycles. The number of carbonyl (C=O) groups is 1. The van der Waals surface area contributed by atoms with E-state index in [0.29, 0.717) is 25.6 Å². The number of alkyl halides is 1. The van der Waals surface area contributed by atoms with Gasteiger partial charge in [-0.15, -0.1) is 11.3 Å². The van der Waals surface area contributed by atoms with Crippen molar-refractivity contribution in [3.8, 4) is 0 Å². The average molecular weight is 345 g/mol. The molecule has 1 rings (SSSR count). The third-order valence-electron chi connectivity index (χ3n) is 1.97. The first-order valence-corrected chi connectivity index (χ1v) is 7.36. The Balaban J connectivity index is 2.38. The molecule has 1 heterocycles. The van der Waals surface area contributed by atoms with Crippen LogP contribution in [0.25, 0.3) is 0 Å². The first kappa shape index (κ1) is 14.3. The second kappa shape index (κ2) is 6.84. The fourth-order valence-corrected chi connectivity index (χ4v) is 2.96. The van der Waals surface area contributed by atoms with E-state index in [1.807, 2.05) is 0 Å². The number of nitrogens with one attached hydrogen (secondary N) is 1. The topological polar surface area (TPSA) is 29.1 Å². The van der Waals surface area contributed by atoms with Gasteiger partial charge in [0.2, 0.25) is 0 Å². The van der Waals surface area contributed by atoms with Gasteiger partial charge in [0.1, 0.15) is 4.34 Å². The molecule has 0 fully saturated rings. The minimum absolute atomic E-state index is 0.157. The van der Waals surface area contributed by atoms with Crippen molar-refractivity contribution in [2.24, 2.45) is 0 Å². The maximum atomic E-state index is 11.7. The van der Waals surface area contributed by atoms with Crippen LogP contribution >= 0.6 is 50.5 Å². The zero-order chi connectivity index (χ0) is 12.1. The molecular weight excluding hydrogens is 333 g/mol. The Labute approximate surface area is 117 Å². The van der Waals surface area contributed by atoms with Gasteiger partial charge >= 0.3 is 0 Å². The molecule has 6 heteroatoms. The van der Waals surface area contributed by atoms with Gasteiger partial charge in [0.25, 0.3) is 5.91 Å². The maximum Gasteiger partial charge on any atom is 0.253 e. The van der Waals surface area contributed by atoms with Gasteiger partial charge in [-0.1, -0.05) is 46.1 Å². The van der Waals surface area contributed by atoms with Crippen molar-refractivity contribution in [2.45, 2.75) is 24.6 Å². The molecule has 0 aromatic carbocycles. The smallest absolute Gasteiger partial charge is 0.253 e. The molecule has 0 bridgehead atoms. The van der Waals surface area contributed by atoms with Gasteiger partial charge in [-0.25, -0.2) is 0 Å². The number of amides is 1. The lowest BCUT2D eigenvalue weighted by atomic mass is 10.2. The average Bonchev–Trinajstić information content (AvgIpc) is 2.52. The molecule has 0 spiro atoms. The van der Waals surface area contributed by atoms with Gasteiger partial charge in [-0.3, -0.25) is 4.79 Å². The highest BCUT2D eigenvalue weighted by atomic mass is 79.9. The largest absolute Gasteiger partial charge is 0.352 e. The molecule has 90 valence electrons. The quantitative estimate of drug-likeness (QED) is 0.624. The summed E-state index contributed by atoms with van der Waals surface area (Å²) in [6, 6.07) is 1.59. The summed E-state index contributed by atoms with van der Waals surface area (Å²) in [4.78, 5) is 12.1. The standard InChI is InChI=1S/C10H12BrCl2NOS/c1-6(11)3-2-4-14-10(15)7-5-8(12)16-9(7)13/h5-6H,2-4H2,1H3,(H,14,15). The van der Waals surface area contributed by atoms with Gasteiger partial charge in [0.15, 0.2) is 0 Å². The van der Waals surface area contributed by atoms with Crippen molar-refractivity contribution in [1.82, 2.24) is 5.32 Å². The van der Waals surface area contributed by atoms with Crippen LogP contribution in [0.15, 0.2) is 6.07 Å². The summed E-state index contributed by atoms with van der Waals surface area (Å²) in [5.74, 6) is -0.157. The van der Waals surface area contributed by atoms with Gasteiger partial charge in [0, 0.05) is 11.4 Å². The van der Waals surface area contributed by atoms with Crippen LogP contribution in [0.5, 0.6) is 0 Å². The van der Waals surface area contributed by atoms with E-state index in [1.54, 1.807) is 6.07 Å². The highest BCUT2D eigenvalue weighted by molar-refractivity contribution is 9.09. The van der Waals surface area contributed by atoms with Crippen LogP contribution in [0.2, 0.25) is 8.67 Å². The Morgan fingerprint density at radius 3 is 2.81 bits per heavy atom. The molecule has 1 aromatic heterocycles. The first-order chi connectivity index (χ1) is 7.50. The number of hydrogen-bond donors (Lipinski definition) is 1. The van der Waals surface area contributed by atoms with E-state index in [4.69, 9.17) is 23.2 Å². The summed E-state index contributed by atoms with van der Waals surface area (Å²) in [6.45, 7) is 2.73. The zero-order valence-electron chi connectivity index (χ0n) is 8.73. The summed E-state index contributed by atoms with van der Waals surface area (Å²) < 4.78 is 0.973. The molecule has 1 amide bonds. The molecule has 0 radical (unpaired) electrons. The van der Waals surface area contributed by atoms with Crippen LogP contribution in [0.1, 0.15) is 30.1 Å². The number of carbonyl (C=O) groups excluding carboxylic acids is 1. The van der Waals surface area contributed by atoms with Crippen LogP contribution in [0, 0.1) is 0 Å². The van der Waals surface area contributed by atoms with E-state index in [1.165, 1.54) is 11.3 Å². The molecule has 0 saturated heterocycles. The minimum atomic E-state index is -0.157. The van der Waals surface area contributed by atoms with Crippen molar-refractivity contribution >= 4 is 56.4 Å². The second-order valence-electron chi connectivity index (χ2n) is 3.42. The molecule has 1 unspecified atom stereocenters. The summed E-state index contributed by atoms with van der Waals surface area (Å²) in [6.07, 6.45) is 1.96. The van der Waals surface area contributed by atoms with Crippen LogP contribution in [0.4, 0.5) is 0 Å². The molecule has 0 aliphatic rings. The summed E-state index contributed by atoms with van der Waals surface area (Å²) in [7, 11) is 0. The number of rotatable bonds is 5. The Morgan fingerprint density at radius 1 is 1.62 bits per heavy atom. The van der Waals surface area contributed by atoms with E-state index in [-0.39, 0.29) is 5.91 Å². The molecule has 1 N–H and O–H groups in total. The Morgan fingerprint density at radius 2 is 2.31 bits per heavy atom. The van der Waals surface area contributed by atoms with Gasteiger partial charge in [-0.2, -0.15) is 0 Å². The molecule has 0 aliphatic carbocycles. The number of thiophene rings is 1. The van der Waals surface area contributed by atoms with Crippen molar-refractivity contribution in [3.63, 3.8) is 0 Å². The molecule has 1 aromatic rings. The lowest BCUT2D eigenvalue weighted by Crippen LogP contribution is -2.24. The van der Waals surface area contributed by atoms with Crippen LogP contribution in [-0.2, 0) is 0 Å². The van der Waals surface area contributed by atoms with E-state index in [2.05, 4.69) is 28.2 Å². The zero-order valence-corrected chi connectivity index (χ0v) is 12.6. The van der Waals surface area contributed by atoms with E-state index in [0.717, 1.165) is 12.8 Å². The fourth-order valence-electron chi connectivity index (χ4n) is 1.18. The number of halogens is 3. The third kappa shape index (κ3) is 4.62. The van der Waals surface area contributed by atoms with E-state index in [9.17, 15) is 4.79 Å². The van der Waals surface area contributed by atoms with Gasteiger partial charge in [0.05, 0.1) is 9.90 Å². The van der Waals surface area contributed by atoms with E-state index >= 15 is 0 Å². The molecule has 0 saturated carbocycles. The van der Waals surface area contributed by atoms with Gasteiger partial charge in [-0.05, 0) is 18.9 Å². The lowest BCUT2D eigenvalue weighted by molar-refractivity contribution is 0.0953. The molecular formula is C10H12BrCl2NOS. The minimum Gasteiger partial charge on any atom is -0.352 e. The highest BCUT2D eigenvalue weighted by Crippen LogP contribution is 2.30. The molecule has 16 heavy (non-hydrogen) atoms. The lowest BCUT2D eigenvalue weighted by Gasteiger charge is -2.05. The summed E-state index contributed by atoms with van der Waals surface area (Å²) in [5.41, 5.74) is 0.462. The van der Waals surface area contributed by atoms with Crippen molar-refractivity contribution in [2.75, 3.05) is 6.54 Å². The van der Waals surface area contributed by atoms with Crippen LogP contribution in [-0.4, -0.2) is 17.3 Å². The molecule has 1 atom stereocenters. The predicted molar refractivity (Wildman–Crippen MR) is 74.3 cm³/mol. The Kier molecular flexibility index (Phi) is 6.11.